The number of ether oxygens (including phenoxy) is 1. The molecule has 1 aliphatic rings. The predicted octanol–water partition coefficient (Wildman–Crippen LogP) is 1.54. The minimum Gasteiger partial charge on any atom is -0.373 e. The number of non-ortho nitro benzene ring substituents is 1. The van der Waals surface area contributed by atoms with Crippen LogP contribution < -0.4 is 0 Å². The molecular weight excluding hydrogens is 170 g/mol. The van der Waals surface area contributed by atoms with Crippen LogP contribution in [0, 0.1) is 10.1 Å². The summed E-state index contributed by atoms with van der Waals surface area (Å²) < 4.78 is 5.04. The fourth-order valence-electron chi connectivity index (χ4n) is 1.25. The highest BCUT2D eigenvalue weighted by atomic mass is 16.6. The molecule has 0 amide bonds. The van der Waals surface area contributed by atoms with Gasteiger partial charge in [0, 0.05) is 18.6 Å². The van der Waals surface area contributed by atoms with Gasteiger partial charge in [-0.1, -0.05) is 12.1 Å². The van der Waals surface area contributed by atoms with E-state index in [1.54, 1.807) is 12.1 Å². The summed E-state index contributed by atoms with van der Waals surface area (Å²) in [5.41, 5.74) is 1.12. The Labute approximate surface area is 75.3 Å². The number of epoxide rings is 1. The molecule has 4 nitrogen and oxygen atoms in total. The lowest BCUT2D eigenvalue weighted by atomic mass is 10.1. The van der Waals surface area contributed by atoms with Gasteiger partial charge in [0.1, 0.15) is 0 Å². The van der Waals surface area contributed by atoms with Crippen molar-refractivity contribution in [3.05, 3.63) is 39.9 Å². The van der Waals surface area contributed by atoms with Gasteiger partial charge in [-0.2, -0.15) is 0 Å². The van der Waals surface area contributed by atoms with Gasteiger partial charge in [-0.15, -0.1) is 0 Å². The summed E-state index contributed by atoms with van der Waals surface area (Å²) in [4.78, 5) is 10.1. The van der Waals surface area contributed by atoms with E-state index < -0.39 is 0 Å². The van der Waals surface area contributed by atoms with Gasteiger partial charge in [0.05, 0.1) is 17.6 Å². The maximum Gasteiger partial charge on any atom is 0.269 e. The molecule has 1 aromatic rings. The van der Waals surface area contributed by atoms with Crippen LogP contribution in [0.4, 0.5) is 5.69 Å². The van der Waals surface area contributed by atoms with E-state index in [2.05, 4.69) is 0 Å². The van der Waals surface area contributed by atoms with E-state index in [-0.39, 0.29) is 16.7 Å². The first-order valence-electron chi connectivity index (χ1n) is 4.10. The molecule has 1 heterocycles. The Bertz CT molecular complexity index is 333. The second-order valence-electron chi connectivity index (χ2n) is 3.09. The van der Waals surface area contributed by atoms with E-state index in [0.29, 0.717) is 0 Å². The molecule has 1 saturated heterocycles. The van der Waals surface area contributed by atoms with Gasteiger partial charge in [0.25, 0.3) is 5.69 Å². The van der Waals surface area contributed by atoms with Gasteiger partial charge in [0.2, 0.25) is 0 Å². The van der Waals surface area contributed by atoms with Gasteiger partial charge in [-0.3, -0.25) is 10.1 Å². The van der Waals surface area contributed by atoms with E-state index in [0.717, 1.165) is 18.6 Å². The van der Waals surface area contributed by atoms with E-state index in [1.807, 2.05) is 6.07 Å². The number of rotatable bonds is 3. The van der Waals surface area contributed by atoms with Crippen LogP contribution in [-0.2, 0) is 11.2 Å². The van der Waals surface area contributed by atoms with Crippen molar-refractivity contribution < 1.29 is 9.66 Å². The first-order chi connectivity index (χ1) is 6.25. The number of hydrogen-bond acceptors (Lipinski definition) is 3. The summed E-state index contributed by atoms with van der Waals surface area (Å²) in [6, 6.07) is 6.68. The zero-order valence-electron chi connectivity index (χ0n) is 6.97. The highest BCUT2D eigenvalue weighted by molar-refractivity contribution is 5.34. The molecule has 0 aliphatic carbocycles. The fourth-order valence-corrected chi connectivity index (χ4v) is 1.25. The molecule has 4 heteroatoms. The third kappa shape index (κ3) is 2.03. The predicted molar refractivity (Wildman–Crippen MR) is 46.5 cm³/mol. The van der Waals surface area contributed by atoms with Gasteiger partial charge in [0.15, 0.2) is 0 Å². The van der Waals surface area contributed by atoms with E-state index >= 15 is 0 Å². The molecule has 1 aromatic carbocycles. The van der Waals surface area contributed by atoms with Crippen molar-refractivity contribution in [2.45, 2.75) is 12.5 Å². The largest absolute Gasteiger partial charge is 0.373 e. The maximum absolute atomic E-state index is 10.4. The molecule has 68 valence electrons. The normalized spacial score (nSPS) is 19.8. The summed E-state index contributed by atoms with van der Waals surface area (Å²) in [5.74, 6) is 0. The molecule has 0 aromatic heterocycles. The van der Waals surface area contributed by atoms with Crippen LogP contribution in [-0.4, -0.2) is 17.6 Å². The molecule has 2 rings (SSSR count). The SMILES string of the molecule is O=[N+]([O-])c1cccc(C[C@H]2CO2)c1. The van der Waals surface area contributed by atoms with Crippen LogP contribution in [0.2, 0.25) is 0 Å². The van der Waals surface area contributed by atoms with Crippen LogP contribution >= 0.6 is 0 Å². The summed E-state index contributed by atoms with van der Waals surface area (Å²) in [7, 11) is 0. The molecule has 0 N–H and O–H groups in total. The minimum absolute atomic E-state index is 0.151. The van der Waals surface area contributed by atoms with Crippen molar-refractivity contribution in [1.29, 1.82) is 0 Å². The standard InChI is InChI=1S/C9H9NO3/c11-10(12)8-3-1-2-7(4-8)5-9-6-13-9/h1-4,9H,5-6H2/t9-/m0/s1. The molecule has 1 fully saturated rings. The second kappa shape index (κ2) is 3.14. The number of benzene rings is 1. The third-order valence-corrected chi connectivity index (χ3v) is 1.99. The van der Waals surface area contributed by atoms with Crippen LogP contribution in [0.3, 0.4) is 0 Å². The Kier molecular flexibility index (Phi) is 1.98. The molecule has 0 spiro atoms. The third-order valence-electron chi connectivity index (χ3n) is 1.99. The monoisotopic (exact) mass is 179 g/mol. The van der Waals surface area contributed by atoms with E-state index in [9.17, 15) is 10.1 Å². The first-order valence-corrected chi connectivity index (χ1v) is 4.10. The van der Waals surface area contributed by atoms with Crippen molar-refractivity contribution in [2.75, 3.05) is 6.61 Å². The van der Waals surface area contributed by atoms with Crippen molar-refractivity contribution in [3.63, 3.8) is 0 Å². The van der Waals surface area contributed by atoms with Gasteiger partial charge in [-0.25, -0.2) is 0 Å². The lowest BCUT2D eigenvalue weighted by Crippen LogP contribution is -1.94. The molecule has 1 atom stereocenters. The Hall–Kier alpha value is -1.42. The maximum atomic E-state index is 10.4. The average molecular weight is 179 g/mol. The molecule has 0 radical (unpaired) electrons. The lowest BCUT2D eigenvalue weighted by molar-refractivity contribution is -0.384. The van der Waals surface area contributed by atoms with Crippen LogP contribution in [0.1, 0.15) is 5.56 Å². The highest BCUT2D eigenvalue weighted by Crippen LogP contribution is 2.19. The Balaban J connectivity index is 2.15. The van der Waals surface area contributed by atoms with Crippen molar-refractivity contribution in [2.24, 2.45) is 0 Å². The number of nitrogens with zero attached hydrogens (tertiary/aromatic N) is 1. The van der Waals surface area contributed by atoms with E-state index in [4.69, 9.17) is 4.74 Å². The van der Waals surface area contributed by atoms with Crippen molar-refractivity contribution >= 4 is 5.69 Å². The minimum atomic E-state index is -0.378. The molecule has 13 heavy (non-hydrogen) atoms. The summed E-state index contributed by atoms with van der Waals surface area (Å²) in [6.45, 7) is 0.780. The summed E-state index contributed by atoms with van der Waals surface area (Å²) in [6.07, 6.45) is 1.06. The van der Waals surface area contributed by atoms with Crippen LogP contribution in [0.25, 0.3) is 0 Å². The smallest absolute Gasteiger partial charge is 0.269 e. The zero-order chi connectivity index (χ0) is 9.26. The van der Waals surface area contributed by atoms with E-state index in [1.165, 1.54) is 6.07 Å². The zero-order valence-corrected chi connectivity index (χ0v) is 6.97. The quantitative estimate of drug-likeness (QED) is 0.401. The summed E-state index contributed by atoms with van der Waals surface area (Å²) >= 11 is 0. The molecule has 0 unspecified atom stereocenters. The Morgan fingerprint density at radius 2 is 2.38 bits per heavy atom. The van der Waals surface area contributed by atoms with Crippen molar-refractivity contribution in [3.8, 4) is 0 Å². The van der Waals surface area contributed by atoms with Crippen molar-refractivity contribution in [1.82, 2.24) is 0 Å². The van der Waals surface area contributed by atoms with Gasteiger partial charge >= 0.3 is 0 Å². The summed E-state index contributed by atoms with van der Waals surface area (Å²) in [5, 5.41) is 10.4. The Morgan fingerprint density at radius 3 is 3.00 bits per heavy atom. The second-order valence-corrected chi connectivity index (χ2v) is 3.09. The molecular formula is C9H9NO3. The molecule has 0 bridgehead atoms. The topological polar surface area (TPSA) is 55.7 Å². The number of nitro benzene ring substituents is 1. The van der Waals surface area contributed by atoms with Crippen LogP contribution in [0.15, 0.2) is 24.3 Å². The first kappa shape index (κ1) is 8.19. The molecule has 0 saturated carbocycles. The van der Waals surface area contributed by atoms with Gasteiger partial charge < -0.3 is 4.74 Å². The number of nitro groups is 1. The van der Waals surface area contributed by atoms with Gasteiger partial charge in [-0.05, 0) is 5.56 Å². The van der Waals surface area contributed by atoms with Crippen LogP contribution in [0.5, 0.6) is 0 Å². The fraction of sp³-hybridized carbons (Fsp3) is 0.333. The molecule has 1 aliphatic heterocycles. The average Bonchev–Trinajstić information content (AvgIpc) is 2.89. The number of hydrogen-bond donors (Lipinski definition) is 0. The highest BCUT2D eigenvalue weighted by Gasteiger charge is 2.23. The lowest BCUT2D eigenvalue weighted by Gasteiger charge is -1.96. The Morgan fingerprint density at radius 1 is 1.62 bits per heavy atom.